The molecule has 2 saturated heterocycles. The minimum Gasteiger partial charge on any atom is -0.508 e. The SMILES string of the molecule is COc1cccc2c1cnn2-c1nc(N2CCN(c3ccc(O)cc3)CC2)nc2c1ncn2CC(=O)O.O=C(O)Cn1cnc2c(-n3ncc4c(O)cccc43)nc(N3CCN(c4ccc(O)cc4)CC3)nc21. The van der Waals surface area contributed by atoms with Crippen LogP contribution in [0.5, 0.6) is 23.0 Å². The fourth-order valence-corrected chi connectivity index (χ4v) is 9.17. The lowest BCUT2D eigenvalue weighted by molar-refractivity contribution is -0.138. The van der Waals surface area contributed by atoms with E-state index in [1.165, 1.54) is 21.8 Å². The molecule has 5 N–H and O–H groups in total. The molecule has 2 aliphatic heterocycles. The fourth-order valence-electron chi connectivity index (χ4n) is 9.17. The number of carboxylic acid groups (broad SMARTS) is 2. The molecule has 0 unspecified atom stereocenters. The highest BCUT2D eigenvalue weighted by Crippen LogP contribution is 2.32. The first kappa shape index (κ1) is 45.7. The van der Waals surface area contributed by atoms with Gasteiger partial charge in [0.25, 0.3) is 0 Å². The van der Waals surface area contributed by atoms with Crippen molar-refractivity contribution in [2.24, 2.45) is 0 Å². The van der Waals surface area contributed by atoms with Crippen LogP contribution in [0.2, 0.25) is 0 Å². The summed E-state index contributed by atoms with van der Waals surface area (Å²) in [5.41, 5.74) is 5.17. The maximum absolute atomic E-state index is 11.5. The van der Waals surface area contributed by atoms with E-state index in [-0.39, 0.29) is 30.3 Å². The molecule has 0 radical (unpaired) electrons. The number of aromatic nitrogens is 12. The summed E-state index contributed by atoms with van der Waals surface area (Å²) in [4.78, 5) is 59.5. The monoisotopic (exact) mass is 986 g/mol. The van der Waals surface area contributed by atoms with E-state index in [0.717, 1.165) is 35.4 Å². The highest BCUT2D eigenvalue weighted by atomic mass is 16.5. The van der Waals surface area contributed by atoms with Crippen LogP contribution < -0.4 is 24.3 Å². The van der Waals surface area contributed by atoms with Crippen LogP contribution in [0.3, 0.4) is 0 Å². The van der Waals surface area contributed by atoms with Crippen LogP contribution in [-0.4, -0.2) is 156 Å². The summed E-state index contributed by atoms with van der Waals surface area (Å²) in [6.07, 6.45) is 6.18. The third-order valence-corrected chi connectivity index (χ3v) is 12.8. The normalized spacial score (nSPS) is 14.0. The second kappa shape index (κ2) is 18.9. The number of imidazole rings is 2. The molecule has 0 spiro atoms. The molecule has 0 bridgehead atoms. The molecule has 2 fully saturated rings. The Kier molecular flexibility index (Phi) is 11.8. The number of phenolic OH excluding ortho intramolecular Hbond substituents is 3. The minimum absolute atomic E-state index is 0.103. The molecule has 6 aromatic heterocycles. The van der Waals surface area contributed by atoms with Crippen molar-refractivity contribution in [1.82, 2.24) is 58.6 Å². The van der Waals surface area contributed by atoms with Gasteiger partial charge in [0.1, 0.15) is 36.1 Å². The molecule has 73 heavy (non-hydrogen) atoms. The molecule has 370 valence electrons. The number of methoxy groups -OCH3 is 1. The second-order valence-corrected chi connectivity index (χ2v) is 17.3. The molecule has 12 rings (SSSR count). The van der Waals surface area contributed by atoms with Crippen molar-refractivity contribution < 1.29 is 39.9 Å². The highest BCUT2D eigenvalue weighted by Gasteiger charge is 2.27. The predicted octanol–water partition coefficient (Wildman–Crippen LogP) is 4.28. The number of rotatable bonds is 11. The summed E-state index contributed by atoms with van der Waals surface area (Å²) in [6, 6.07) is 25.0. The van der Waals surface area contributed by atoms with Crippen LogP contribution >= 0.6 is 0 Å². The number of hydrogen-bond donors (Lipinski definition) is 5. The van der Waals surface area contributed by atoms with Gasteiger partial charge < -0.3 is 59.0 Å². The molecular weight excluding hydrogens is 941 g/mol. The molecular formula is C49H46N16O8. The average Bonchev–Trinajstić information content (AvgIpc) is 4.23. The lowest BCUT2D eigenvalue weighted by Gasteiger charge is -2.36. The lowest BCUT2D eigenvalue weighted by atomic mass is 10.2. The Hall–Kier alpha value is -9.74. The summed E-state index contributed by atoms with van der Waals surface area (Å²) in [5.74, 6) is 1.05. The van der Waals surface area contributed by atoms with Crippen molar-refractivity contribution in [1.29, 1.82) is 0 Å². The lowest BCUT2D eigenvalue weighted by Crippen LogP contribution is -2.47. The number of phenols is 3. The van der Waals surface area contributed by atoms with Crippen LogP contribution in [0.4, 0.5) is 23.3 Å². The Morgan fingerprint density at radius 3 is 1.41 bits per heavy atom. The number of piperazine rings is 2. The van der Waals surface area contributed by atoms with Crippen molar-refractivity contribution in [3.63, 3.8) is 0 Å². The van der Waals surface area contributed by atoms with Gasteiger partial charge in [-0.1, -0.05) is 12.1 Å². The minimum atomic E-state index is -1.01. The van der Waals surface area contributed by atoms with E-state index in [0.29, 0.717) is 102 Å². The summed E-state index contributed by atoms with van der Waals surface area (Å²) >= 11 is 0. The van der Waals surface area contributed by atoms with E-state index >= 15 is 0 Å². The maximum Gasteiger partial charge on any atom is 0.323 e. The molecule has 8 heterocycles. The van der Waals surface area contributed by atoms with Crippen molar-refractivity contribution in [3.8, 4) is 34.6 Å². The largest absolute Gasteiger partial charge is 0.508 e. The van der Waals surface area contributed by atoms with Gasteiger partial charge in [-0.2, -0.15) is 30.1 Å². The molecule has 4 aromatic carbocycles. The maximum atomic E-state index is 11.5. The number of ether oxygens (including phenoxy) is 1. The van der Waals surface area contributed by atoms with Gasteiger partial charge in [-0.15, -0.1) is 0 Å². The Labute approximate surface area is 413 Å². The Balaban J connectivity index is 0.000000157. The molecule has 0 atom stereocenters. The van der Waals surface area contributed by atoms with Gasteiger partial charge in [0.15, 0.2) is 34.0 Å². The number of fused-ring (bicyclic) bond motifs is 4. The third-order valence-electron chi connectivity index (χ3n) is 12.8. The molecule has 0 amide bonds. The van der Waals surface area contributed by atoms with Crippen LogP contribution in [-0.2, 0) is 22.7 Å². The van der Waals surface area contributed by atoms with Gasteiger partial charge in [0.05, 0.1) is 54.0 Å². The van der Waals surface area contributed by atoms with Crippen LogP contribution in [0, 0.1) is 0 Å². The van der Waals surface area contributed by atoms with Gasteiger partial charge in [0.2, 0.25) is 11.9 Å². The van der Waals surface area contributed by atoms with E-state index in [1.807, 2.05) is 53.4 Å². The summed E-state index contributed by atoms with van der Waals surface area (Å²) in [7, 11) is 1.61. The van der Waals surface area contributed by atoms with Gasteiger partial charge in [-0.25, -0.2) is 19.3 Å². The Morgan fingerprint density at radius 1 is 0.534 bits per heavy atom. The standard InChI is InChI=1S/C25H24N8O4.C24H22N8O4/c1-37-20-4-2-3-19-18(20)13-27-33(19)24-22-23(32(15-26-22)14-21(35)36)28-25(29-24)31-11-9-30(10-12-31)16-5-7-17(34)8-6-16;33-16-6-4-15(5-7-16)29-8-10-30(11-9-29)24-27-22-21(25-14-31(22)13-20(35)36)23(28-24)32-18-2-1-3-19(34)17(18)12-26-32/h2-8,13,15,34H,9-12,14H2,1H3,(H,35,36);1-7,12,14,33-34H,8-11,13H2,(H,35,36). The molecule has 24 heteroatoms. The average molecular weight is 987 g/mol. The number of carboxylic acids is 2. The van der Waals surface area contributed by atoms with Gasteiger partial charge >= 0.3 is 11.9 Å². The second-order valence-electron chi connectivity index (χ2n) is 17.3. The number of carbonyl (C=O) groups is 2. The number of anilines is 4. The van der Waals surface area contributed by atoms with E-state index in [9.17, 15) is 35.1 Å². The molecule has 0 aliphatic carbocycles. The van der Waals surface area contributed by atoms with Crippen molar-refractivity contribution >= 4 is 79.3 Å². The van der Waals surface area contributed by atoms with Crippen LogP contribution in [0.1, 0.15) is 0 Å². The van der Waals surface area contributed by atoms with Crippen molar-refractivity contribution in [3.05, 3.63) is 110 Å². The van der Waals surface area contributed by atoms with Gasteiger partial charge in [0, 0.05) is 63.7 Å². The number of benzene rings is 4. The van der Waals surface area contributed by atoms with Gasteiger partial charge in [-0.05, 0) is 72.8 Å². The van der Waals surface area contributed by atoms with Crippen molar-refractivity contribution in [2.45, 2.75) is 13.1 Å². The first-order valence-electron chi connectivity index (χ1n) is 23.1. The summed E-state index contributed by atoms with van der Waals surface area (Å²) < 4.78 is 11.7. The molecule has 10 aromatic rings. The van der Waals surface area contributed by atoms with E-state index in [4.69, 9.17) is 24.7 Å². The zero-order valence-electron chi connectivity index (χ0n) is 39.1. The quantitative estimate of drug-likeness (QED) is 0.121. The molecule has 24 nitrogen and oxygen atoms in total. The fraction of sp³-hybridized carbons (Fsp3) is 0.224. The first-order chi connectivity index (χ1) is 35.5. The smallest absolute Gasteiger partial charge is 0.323 e. The Morgan fingerprint density at radius 2 is 0.959 bits per heavy atom. The number of hydrogen-bond acceptors (Lipinski definition) is 18. The summed E-state index contributed by atoms with van der Waals surface area (Å²) in [6.45, 7) is 4.94. The van der Waals surface area contributed by atoms with Crippen molar-refractivity contribution in [2.75, 3.05) is 79.1 Å². The van der Waals surface area contributed by atoms with E-state index < -0.39 is 11.9 Å². The Bertz CT molecular complexity index is 3670. The predicted molar refractivity (Wildman–Crippen MR) is 268 cm³/mol. The highest BCUT2D eigenvalue weighted by molar-refractivity contribution is 5.91. The molecule has 0 saturated carbocycles. The zero-order valence-corrected chi connectivity index (χ0v) is 39.1. The number of aliphatic carboxylic acids is 2. The third kappa shape index (κ3) is 8.80. The molecule has 2 aliphatic rings. The number of aromatic hydroxyl groups is 3. The first-order valence-corrected chi connectivity index (χ1v) is 23.1. The summed E-state index contributed by atoms with van der Waals surface area (Å²) in [5, 5.41) is 58.6. The van der Waals surface area contributed by atoms with E-state index in [1.54, 1.807) is 65.3 Å². The van der Waals surface area contributed by atoms with Crippen LogP contribution in [0.15, 0.2) is 110 Å². The number of nitrogens with zero attached hydrogens (tertiary/aromatic N) is 16. The van der Waals surface area contributed by atoms with E-state index in [2.05, 4.69) is 34.9 Å². The van der Waals surface area contributed by atoms with Gasteiger partial charge in [-0.3, -0.25) is 9.59 Å². The zero-order chi connectivity index (χ0) is 50.3. The topological polar surface area (TPSA) is 280 Å². The van der Waals surface area contributed by atoms with Crippen LogP contribution in [0.25, 0.3) is 55.8 Å².